The predicted octanol–water partition coefficient (Wildman–Crippen LogP) is 5.64. The fourth-order valence-corrected chi connectivity index (χ4v) is 6.68. The highest BCUT2D eigenvalue weighted by Crippen LogP contribution is 2.44. The first kappa shape index (κ1) is 30.8. The predicted molar refractivity (Wildman–Crippen MR) is 179 cm³/mol. The van der Waals surface area contributed by atoms with Crippen molar-refractivity contribution in [1.82, 2.24) is 19.4 Å². The van der Waals surface area contributed by atoms with E-state index in [4.69, 9.17) is 9.72 Å². The number of imidazole rings is 1. The lowest BCUT2D eigenvalue weighted by Gasteiger charge is -2.38. The van der Waals surface area contributed by atoms with Gasteiger partial charge in [0, 0.05) is 73.6 Å². The van der Waals surface area contributed by atoms with Crippen LogP contribution in [0, 0.1) is 25.5 Å². The van der Waals surface area contributed by atoms with Gasteiger partial charge in [-0.25, -0.2) is 13.8 Å². The first-order valence-electron chi connectivity index (χ1n) is 15.6. The zero-order valence-corrected chi connectivity index (χ0v) is 27.0. The van der Waals surface area contributed by atoms with E-state index in [9.17, 15) is 9.59 Å². The number of carbonyl (C=O) groups is 2. The number of carbonyl (C=O) groups excluding carboxylic acids is 2. The van der Waals surface area contributed by atoms with Crippen molar-refractivity contribution in [2.45, 2.75) is 32.9 Å². The molecule has 2 N–H and O–H groups in total. The molecule has 7 rings (SSSR count). The smallest absolute Gasteiger partial charge is 0.248 e. The summed E-state index contributed by atoms with van der Waals surface area (Å²) in [5, 5.41) is 6.20. The molecule has 2 aromatic heterocycles. The van der Waals surface area contributed by atoms with Gasteiger partial charge in [0.05, 0.1) is 35.5 Å². The van der Waals surface area contributed by atoms with Crippen molar-refractivity contribution in [3.63, 3.8) is 0 Å². The summed E-state index contributed by atoms with van der Waals surface area (Å²) in [7, 11) is 4.06. The molecular formula is C36H36F2N6O3. The molecule has 1 fully saturated rings. The first-order valence-corrected chi connectivity index (χ1v) is 15.6. The SMILES string of the molecule is Cc1cc2c(nc(C)n2C)c2c1-c1cccc3c(C(=O)c4cc(F)c(NC(=O)/C=C/CNC5(C)COC5)c(F)c4)cn(c13)CCN2C. The molecule has 0 radical (unpaired) electrons. The highest BCUT2D eigenvalue weighted by Gasteiger charge is 2.32. The standard InChI is InChI=1S/C36H36F2N6O3/c1-20-14-28-32(40-21(2)43(28)5)34-30(20)24-9-6-8-23-25(17-44(33(23)24)13-12-42(34)4)35(46)22-15-26(37)31(27(38)16-22)41-29(45)10-7-11-39-36(3)18-47-19-36/h6-10,14-17,39H,11-13,18-19H2,1-5H3,(H,41,45)/b10-7+. The minimum absolute atomic E-state index is 0.142. The summed E-state index contributed by atoms with van der Waals surface area (Å²) in [6, 6.07) is 9.91. The topological polar surface area (TPSA) is 93.4 Å². The normalized spacial score (nSPS) is 15.5. The van der Waals surface area contributed by atoms with Gasteiger partial charge in [-0.1, -0.05) is 24.3 Å². The third-order valence-electron chi connectivity index (χ3n) is 9.35. The van der Waals surface area contributed by atoms with Crippen LogP contribution in [0.5, 0.6) is 0 Å². The summed E-state index contributed by atoms with van der Waals surface area (Å²) >= 11 is 0. The Balaban J connectivity index is 1.22. The van der Waals surface area contributed by atoms with Gasteiger partial charge in [0.15, 0.2) is 5.78 Å². The first-order chi connectivity index (χ1) is 22.5. The van der Waals surface area contributed by atoms with E-state index >= 15 is 8.78 Å². The molecule has 9 nitrogen and oxygen atoms in total. The van der Waals surface area contributed by atoms with Crippen molar-refractivity contribution in [2.24, 2.45) is 7.05 Å². The Morgan fingerprint density at radius 2 is 1.83 bits per heavy atom. The summed E-state index contributed by atoms with van der Waals surface area (Å²) in [4.78, 5) is 33.4. The Bertz CT molecular complexity index is 2120. The Hall–Kier alpha value is -4.87. The average molecular weight is 639 g/mol. The molecule has 0 spiro atoms. The van der Waals surface area contributed by atoms with Crippen LogP contribution in [0.25, 0.3) is 33.1 Å². The lowest BCUT2D eigenvalue weighted by atomic mass is 9.93. The van der Waals surface area contributed by atoms with Crippen LogP contribution in [0.1, 0.15) is 34.2 Å². The van der Waals surface area contributed by atoms with Gasteiger partial charge in [0.2, 0.25) is 5.91 Å². The number of rotatable bonds is 7. The fourth-order valence-electron chi connectivity index (χ4n) is 6.68. The summed E-state index contributed by atoms with van der Waals surface area (Å²) < 4.78 is 39.8. The number of nitrogens with one attached hydrogen (secondary N) is 2. The number of ketones is 1. The zero-order chi connectivity index (χ0) is 33.2. The van der Waals surface area contributed by atoms with Crippen molar-refractivity contribution < 1.29 is 23.1 Å². The third-order valence-corrected chi connectivity index (χ3v) is 9.35. The minimum atomic E-state index is -1.03. The molecule has 5 aromatic rings. The van der Waals surface area contributed by atoms with Crippen molar-refractivity contribution in [3.05, 3.63) is 88.9 Å². The zero-order valence-electron chi connectivity index (χ0n) is 27.0. The van der Waals surface area contributed by atoms with Crippen LogP contribution in [0.2, 0.25) is 0 Å². The summed E-state index contributed by atoms with van der Waals surface area (Å²) in [5.74, 6) is -2.34. The molecule has 2 aliphatic heterocycles. The van der Waals surface area contributed by atoms with Crippen molar-refractivity contribution >= 4 is 45.0 Å². The largest absolute Gasteiger partial charge is 0.377 e. The summed E-state index contributed by atoms with van der Waals surface area (Å²) in [6.45, 7) is 8.87. The molecule has 0 unspecified atom stereocenters. The number of hydrogen-bond acceptors (Lipinski definition) is 6. The number of halogens is 2. The van der Waals surface area contributed by atoms with E-state index in [2.05, 4.69) is 33.1 Å². The van der Waals surface area contributed by atoms with Crippen LogP contribution in [0.3, 0.4) is 0 Å². The second-order valence-electron chi connectivity index (χ2n) is 12.8. The van der Waals surface area contributed by atoms with E-state index in [1.807, 2.05) is 50.7 Å². The maximum Gasteiger partial charge on any atom is 0.248 e. The molecule has 47 heavy (non-hydrogen) atoms. The average Bonchev–Trinajstić information content (AvgIpc) is 3.53. The number of ether oxygens (including phenoxy) is 1. The van der Waals surface area contributed by atoms with Crippen LogP contribution >= 0.6 is 0 Å². The number of benzene rings is 3. The number of aromatic nitrogens is 3. The fraction of sp³-hybridized carbons (Fsp3) is 0.306. The highest BCUT2D eigenvalue weighted by atomic mass is 19.1. The molecule has 0 aliphatic carbocycles. The van der Waals surface area contributed by atoms with Gasteiger partial charge < -0.3 is 29.4 Å². The third kappa shape index (κ3) is 5.19. The Labute approximate surface area is 270 Å². The summed E-state index contributed by atoms with van der Waals surface area (Å²) in [5.41, 5.74) is 6.41. The van der Waals surface area contributed by atoms with Gasteiger partial charge in [-0.15, -0.1) is 0 Å². The maximum absolute atomic E-state index is 15.2. The Morgan fingerprint density at radius 3 is 2.53 bits per heavy atom. The lowest BCUT2D eigenvalue weighted by Crippen LogP contribution is -2.58. The monoisotopic (exact) mass is 638 g/mol. The molecule has 0 saturated carbocycles. The van der Waals surface area contributed by atoms with Gasteiger partial charge in [-0.2, -0.15) is 0 Å². The van der Waals surface area contributed by atoms with Gasteiger partial charge >= 0.3 is 0 Å². The number of amides is 1. The number of para-hydroxylation sites is 1. The molecule has 242 valence electrons. The number of aryl methyl sites for hydroxylation is 3. The molecule has 1 amide bonds. The molecule has 0 bridgehead atoms. The van der Waals surface area contributed by atoms with Crippen LogP contribution in [-0.4, -0.2) is 64.7 Å². The van der Waals surface area contributed by atoms with Crippen molar-refractivity contribution in [2.75, 3.05) is 43.6 Å². The lowest BCUT2D eigenvalue weighted by molar-refractivity contribution is -0.112. The Morgan fingerprint density at radius 1 is 1.09 bits per heavy atom. The number of fused-ring (bicyclic) bond motifs is 4. The van der Waals surface area contributed by atoms with Crippen LogP contribution in [-0.2, 0) is 23.1 Å². The number of likely N-dealkylation sites (N-methyl/N-ethyl adjacent to an activating group) is 1. The molecule has 2 aliphatic rings. The molecule has 3 aromatic carbocycles. The quantitative estimate of drug-likeness (QED) is 0.177. The number of hydrogen-bond donors (Lipinski definition) is 2. The molecule has 4 heterocycles. The Kier molecular flexibility index (Phi) is 7.48. The van der Waals surface area contributed by atoms with E-state index in [1.165, 1.54) is 6.08 Å². The van der Waals surface area contributed by atoms with Crippen molar-refractivity contribution in [1.29, 1.82) is 0 Å². The van der Waals surface area contributed by atoms with E-state index < -0.39 is 29.0 Å². The summed E-state index contributed by atoms with van der Waals surface area (Å²) in [6.07, 6.45) is 4.56. The molecule has 1 saturated heterocycles. The van der Waals surface area contributed by atoms with Gasteiger partial charge in [0.1, 0.15) is 28.7 Å². The van der Waals surface area contributed by atoms with E-state index in [-0.39, 0.29) is 11.1 Å². The van der Waals surface area contributed by atoms with Gasteiger partial charge in [-0.05, 0) is 44.5 Å². The second kappa shape index (κ2) is 11.4. The molecular weight excluding hydrogens is 602 g/mol. The minimum Gasteiger partial charge on any atom is -0.377 e. The van der Waals surface area contributed by atoms with Crippen LogP contribution < -0.4 is 15.5 Å². The van der Waals surface area contributed by atoms with E-state index in [1.54, 1.807) is 12.3 Å². The highest BCUT2D eigenvalue weighted by molar-refractivity contribution is 6.19. The van der Waals surface area contributed by atoms with Gasteiger partial charge in [0.25, 0.3) is 0 Å². The number of nitrogens with zero attached hydrogens (tertiary/aromatic N) is 4. The van der Waals surface area contributed by atoms with Crippen LogP contribution in [0.15, 0.2) is 54.7 Å². The van der Waals surface area contributed by atoms with Crippen molar-refractivity contribution in [3.8, 4) is 11.1 Å². The van der Waals surface area contributed by atoms with E-state index in [0.717, 1.165) is 56.9 Å². The molecule has 0 atom stereocenters. The number of anilines is 2. The maximum atomic E-state index is 15.2. The molecule has 11 heteroatoms. The second-order valence-corrected chi connectivity index (χ2v) is 12.8. The van der Waals surface area contributed by atoms with E-state index in [0.29, 0.717) is 43.8 Å². The van der Waals surface area contributed by atoms with Crippen LogP contribution in [0.4, 0.5) is 20.2 Å². The van der Waals surface area contributed by atoms with Gasteiger partial charge in [-0.3, -0.25) is 9.59 Å².